The second kappa shape index (κ2) is 14.2. The molecule has 0 spiro atoms. The van der Waals surface area contributed by atoms with Crippen LogP contribution in [0.2, 0.25) is 0 Å². The fourth-order valence-electron chi connectivity index (χ4n) is 6.58. The number of ether oxygens (including phenoxy) is 2. The van der Waals surface area contributed by atoms with Crippen molar-refractivity contribution in [3.05, 3.63) is 132 Å². The Morgan fingerprint density at radius 1 is 0.960 bits per heavy atom. The van der Waals surface area contributed by atoms with Gasteiger partial charge in [0.1, 0.15) is 41.5 Å². The first-order valence-electron chi connectivity index (χ1n) is 18.2. The molecule has 0 saturated carbocycles. The van der Waals surface area contributed by atoms with Gasteiger partial charge in [-0.2, -0.15) is 5.10 Å². The number of hydrogen-bond donors (Lipinski definition) is 1. The maximum Gasteiger partial charge on any atom is 0.255 e. The summed E-state index contributed by atoms with van der Waals surface area (Å²) in [4.78, 5) is 21.4. The number of rotatable bonds is 10. The quantitative estimate of drug-likeness (QED) is 0.177. The van der Waals surface area contributed by atoms with Gasteiger partial charge in [-0.3, -0.25) is 4.79 Å². The van der Waals surface area contributed by atoms with Crippen LogP contribution in [-0.2, 0) is 16.9 Å². The highest BCUT2D eigenvalue weighted by Gasteiger charge is 2.44. The number of nitrogens with zero attached hydrogens (tertiary/aromatic N) is 5. The number of hydrogen-bond acceptors (Lipinski definition) is 7. The highest BCUT2D eigenvalue weighted by atomic mass is 19.1. The van der Waals surface area contributed by atoms with Crippen molar-refractivity contribution in [2.75, 3.05) is 54.5 Å². The molecule has 258 valence electrons. The first-order chi connectivity index (χ1) is 25.9. The minimum atomic E-state index is -1.27. The van der Waals surface area contributed by atoms with Crippen LogP contribution in [-0.4, -0.2) is 60.1 Å². The zero-order chi connectivity index (χ0) is 38.1. The van der Waals surface area contributed by atoms with E-state index in [1.807, 2.05) is 31.2 Å². The van der Waals surface area contributed by atoms with E-state index >= 15 is 4.39 Å². The lowest BCUT2D eigenvalue weighted by Gasteiger charge is -2.37. The number of piperazine rings is 1. The van der Waals surface area contributed by atoms with Gasteiger partial charge in [-0.25, -0.2) is 22.8 Å². The summed E-state index contributed by atoms with van der Waals surface area (Å²) >= 11 is 0. The number of amides is 1. The van der Waals surface area contributed by atoms with E-state index in [2.05, 4.69) is 31.3 Å². The highest BCUT2D eigenvalue weighted by Crippen LogP contribution is 2.42. The number of aromatic nitrogens is 3. The molecule has 2 fully saturated rings. The van der Waals surface area contributed by atoms with Gasteiger partial charge in [0.25, 0.3) is 5.91 Å². The van der Waals surface area contributed by atoms with Crippen molar-refractivity contribution in [2.24, 2.45) is 5.92 Å². The topological polar surface area (TPSA) is 84.8 Å². The van der Waals surface area contributed by atoms with Gasteiger partial charge >= 0.3 is 0 Å². The van der Waals surface area contributed by atoms with Crippen LogP contribution >= 0.6 is 0 Å². The molecule has 3 heterocycles. The van der Waals surface area contributed by atoms with Crippen LogP contribution < -0.4 is 19.9 Å². The Morgan fingerprint density at radius 3 is 2.36 bits per heavy atom. The molecule has 5 aromatic rings. The Kier molecular flexibility index (Phi) is 8.11. The number of carbonyl (C=O) groups is 1. The van der Waals surface area contributed by atoms with Gasteiger partial charge in [0.15, 0.2) is 0 Å². The Morgan fingerprint density at radius 2 is 1.68 bits per heavy atom. The number of aryl methyl sites for hydroxylation is 1. The lowest BCUT2D eigenvalue weighted by molar-refractivity contribution is -0.0206. The van der Waals surface area contributed by atoms with Gasteiger partial charge in [0.05, 0.1) is 25.2 Å². The van der Waals surface area contributed by atoms with Gasteiger partial charge in [-0.05, 0) is 91.6 Å². The molecule has 2 atom stereocenters. The van der Waals surface area contributed by atoms with E-state index in [9.17, 15) is 13.6 Å². The number of benzene rings is 4. The molecule has 4 aromatic carbocycles. The summed E-state index contributed by atoms with van der Waals surface area (Å²) in [6.07, 6.45) is 3.39. The Balaban J connectivity index is 0.933. The van der Waals surface area contributed by atoms with E-state index < -0.39 is 53.1 Å². The Hall–Kier alpha value is -5.36. The number of anilines is 3. The second-order valence-corrected chi connectivity index (χ2v) is 12.5. The molecule has 50 heavy (non-hydrogen) atoms. The molecule has 2 aliphatic rings. The summed E-state index contributed by atoms with van der Waals surface area (Å²) in [7, 11) is 0. The third-order valence-corrected chi connectivity index (χ3v) is 9.13. The zero-order valence-electron chi connectivity index (χ0n) is 31.3. The molecule has 7 rings (SSSR count). The molecule has 2 aliphatic heterocycles. The molecule has 0 unspecified atom stereocenters. The number of halogens is 3. The third kappa shape index (κ3) is 7.30. The zero-order valence-corrected chi connectivity index (χ0v) is 27.3. The van der Waals surface area contributed by atoms with Gasteiger partial charge in [-0.15, -0.1) is 0 Å². The molecule has 0 bridgehead atoms. The SMILES string of the molecule is [2H]c1c([2H])c(NC(=O)c2ccc(N3CCN(c4ccc(OC[C@@H]5CO[C@@](Cn6cncn6)(c6ccc(F)cc6F)C5)c(C)c4)CC3)cc2)c([2H])c([2H])c1F. The third-order valence-electron chi connectivity index (χ3n) is 9.13. The molecule has 12 heteroatoms. The fourth-order valence-corrected chi connectivity index (χ4v) is 6.58. The van der Waals surface area contributed by atoms with Crippen molar-refractivity contribution in [3.8, 4) is 5.75 Å². The van der Waals surface area contributed by atoms with Gasteiger partial charge in [0, 0.05) is 66.4 Å². The molecule has 1 aromatic heterocycles. The summed E-state index contributed by atoms with van der Waals surface area (Å²) in [5.74, 6) is -2.54. The van der Waals surface area contributed by atoms with E-state index in [0.29, 0.717) is 19.6 Å². The van der Waals surface area contributed by atoms with Crippen molar-refractivity contribution in [1.82, 2.24) is 14.8 Å². The molecule has 0 aliphatic carbocycles. The molecule has 1 N–H and O–H groups in total. The minimum absolute atomic E-state index is 0.0515. The molecule has 0 radical (unpaired) electrons. The molecule has 2 saturated heterocycles. The average Bonchev–Trinajstić information content (AvgIpc) is 3.85. The predicted molar refractivity (Wildman–Crippen MR) is 184 cm³/mol. The molecular weight excluding hydrogens is 645 g/mol. The minimum Gasteiger partial charge on any atom is -0.493 e. The standard InChI is InChI=1S/C38H37F3N6O3/c1-26-18-33(46-16-14-45(15-17-46)32-9-2-28(3-10-32)37(48)44-31-7-4-29(39)5-8-31)11-13-36(26)49-21-27-20-38(50-22-27,23-47-25-42-24-43-47)34-12-6-30(40)19-35(34)41/h2-13,18-19,24-25,27H,14-17,20-23H2,1H3,(H,44,48)/t27-,38+/m1/s1/i4D,5D,7D,8D. The van der Waals surface area contributed by atoms with Crippen LogP contribution in [0.15, 0.2) is 97.5 Å². The summed E-state index contributed by atoms with van der Waals surface area (Å²) < 4.78 is 88.0. The van der Waals surface area contributed by atoms with Crippen LogP contribution in [0.5, 0.6) is 5.75 Å². The van der Waals surface area contributed by atoms with Crippen LogP contribution in [0, 0.1) is 30.3 Å². The maximum atomic E-state index is 15.0. The Bertz CT molecular complexity index is 2140. The first-order valence-corrected chi connectivity index (χ1v) is 16.2. The van der Waals surface area contributed by atoms with Crippen molar-refractivity contribution in [2.45, 2.75) is 25.5 Å². The second-order valence-electron chi connectivity index (χ2n) is 12.5. The van der Waals surface area contributed by atoms with E-state index in [0.717, 1.165) is 54.9 Å². The van der Waals surface area contributed by atoms with E-state index in [1.165, 1.54) is 24.8 Å². The largest absolute Gasteiger partial charge is 0.493 e. The van der Waals surface area contributed by atoms with Crippen molar-refractivity contribution < 1.29 is 32.9 Å². The van der Waals surface area contributed by atoms with Crippen LogP contribution in [0.25, 0.3) is 0 Å². The monoisotopic (exact) mass is 686 g/mol. The Labute approximate surface area is 293 Å². The van der Waals surface area contributed by atoms with Crippen molar-refractivity contribution in [3.63, 3.8) is 0 Å². The normalized spacial score (nSPS) is 20.2. The maximum absolute atomic E-state index is 15.0. The first kappa shape index (κ1) is 28.5. The lowest BCUT2D eigenvalue weighted by atomic mass is 9.87. The van der Waals surface area contributed by atoms with E-state index in [4.69, 9.17) is 15.0 Å². The summed E-state index contributed by atoms with van der Waals surface area (Å²) in [5, 5.41) is 6.57. The van der Waals surface area contributed by atoms with Crippen molar-refractivity contribution >= 4 is 23.0 Å². The van der Waals surface area contributed by atoms with Crippen molar-refractivity contribution in [1.29, 1.82) is 0 Å². The predicted octanol–water partition coefficient (Wildman–Crippen LogP) is 6.59. The number of carbonyl (C=O) groups excluding carboxylic acids is 1. The fraction of sp³-hybridized carbons (Fsp3) is 0.289. The van der Waals surface area contributed by atoms with Gasteiger partial charge < -0.3 is 24.6 Å². The van der Waals surface area contributed by atoms with E-state index in [1.54, 1.807) is 16.8 Å². The smallest absolute Gasteiger partial charge is 0.255 e. The highest BCUT2D eigenvalue weighted by molar-refractivity contribution is 6.04. The summed E-state index contributed by atoms with van der Waals surface area (Å²) in [6, 6.07) is 13.5. The average molecular weight is 687 g/mol. The molecular formula is C38H37F3N6O3. The number of nitrogens with one attached hydrogen (secondary N) is 1. The molecule has 9 nitrogen and oxygen atoms in total. The van der Waals surface area contributed by atoms with Gasteiger partial charge in [-0.1, -0.05) is 6.07 Å². The summed E-state index contributed by atoms with van der Waals surface area (Å²) in [5.41, 5.74) is 2.04. The van der Waals surface area contributed by atoms with Crippen LogP contribution in [0.3, 0.4) is 0 Å². The van der Waals surface area contributed by atoms with E-state index in [-0.39, 0.29) is 29.3 Å². The molecule has 1 amide bonds. The lowest BCUT2D eigenvalue weighted by Crippen LogP contribution is -2.46. The summed E-state index contributed by atoms with van der Waals surface area (Å²) in [6.45, 7) is 5.86. The van der Waals surface area contributed by atoms with Crippen LogP contribution in [0.1, 0.15) is 33.4 Å². The van der Waals surface area contributed by atoms with Crippen LogP contribution in [0.4, 0.5) is 30.2 Å². The van der Waals surface area contributed by atoms with Gasteiger partial charge in [0.2, 0.25) is 0 Å².